The van der Waals surface area contributed by atoms with Gasteiger partial charge in [0, 0.05) is 29.2 Å². The number of aromatic nitrogens is 1. The zero-order valence-corrected chi connectivity index (χ0v) is 14.2. The molecule has 3 aromatic rings. The summed E-state index contributed by atoms with van der Waals surface area (Å²) in [4.78, 5) is 24.5. The van der Waals surface area contributed by atoms with Crippen LogP contribution in [0.3, 0.4) is 0 Å². The van der Waals surface area contributed by atoms with E-state index in [2.05, 4.69) is 10.9 Å². The Bertz CT molecular complexity index is 950. The summed E-state index contributed by atoms with van der Waals surface area (Å²) in [6.07, 6.45) is 1.71. The van der Waals surface area contributed by atoms with E-state index in [1.807, 2.05) is 35.9 Å². The van der Waals surface area contributed by atoms with Crippen molar-refractivity contribution in [3.8, 4) is 0 Å². The first-order chi connectivity index (χ1) is 11.5. The van der Waals surface area contributed by atoms with E-state index in [9.17, 15) is 9.59 Å². The summed E-state index contributed by atoms with van der Waals surface area (Å²) < 4.78 is 1.85. The van der Waals surface area contributed by atoms with Gasteiger partial charge in [-0.05, 0) is 24.3 Å². The molecular weight excluding hydrogens is 349 g/mol. The monoisotopic (exact) mass is 361 g/mol. The molecule has 0 unspecified atom stereocenters. The first-order valence-corrected chi connectivity index (χ1v) is 7.83. The van der Waals surface area contributed by atoms with E-state index in [4.69, 9.17) is 23.2 Å². The molecule has 0 spiro atoms. The van der Waals surface area contributed by atoms with Gasteiger partial charge in [-0.2, -0.15) is 0 Å². The predicted molar refractivity (Wildman–Crippen MR) is 94.3 cm³/mol. The highest BCUT2D eigenvalue weighted by molar-refractivity contribution is 6.35. The van der Waals surface area contributed by atoms with Crippen molar-refractivity contribution in [2.24, 2.45) is 7.05 Å². The Kier molecular flexibility index (Phi) is 4.46. The lowest BCUT2D eigenvalue weighted by molar-refractivity contribution is 0.0847. The van der Waals surface area contributed by atoms with Crippen LogP contribution in [0.5, 0.6) is 0 Å². The lowest BCUT2D eigenvalue weighted by Crippen LogP contribution is -2.41. The van der Waals surface area contributed by atoms with Gasteiger partial charge in [0.15, 0.2) is 0 Å². The van der Waals surface area contributed by atoms with Crippen LogP contribution in [-0.2, 0) is 7.05 Å². The summed E-state index contributed by atoms with van der Waals surface area (Å²) in [5.41, 5.74) is 6.31. The van der Waals surface area contributed by atoms with Gasteiger partial charge in [-0.25, -0.2) is 0 Å². The lowest BCUT2D eigenvalue weighted by Gasteiger charge is -2.08. The van der Waals surface area contributed by atoms with Crippen molar-refractivity contribution in [2.75, 3.05) is 0 Å². The molecule has 5 nitrogen and oxygen atoms in total. The zero-order valence-electron chi connectivity index (χ0n) is 12.6. The van der Waals surface area contributed by atoms with Gasteiger partial charge in [0.1, 0.15) is 0 Å². The molecule has 0 aliphatic rings. The maximum atomic E-state index is 12.4. The van der Waals surface area contributed by atoms with E-state index in [1.54, 1.807) is 12.3 Å². The standard InChI is InChI=1S/C17H13Cl2N3O2/c1-22-9-13(11-4-2-3-5-15(11)22)17(24)21-20-16(23)12-8-10(18)6-7-14(12)19/h2-9H,1H3,(H,20,23)(H,21,24). The van der Waals surface area contributed by atoms with Crippen molar-refractivity contribution in [2.45, 2.75) is 0 Å². The third-order valence-corrected chi connectivity index (χ3v) is 4.17. The van der Waals surface area contributed by atoms with Crippen molar-refractivity contribution in [3.05, 3.63) is 69.8 Å². The van der Waals surface area contributed by atoms with Gasteiger partial charge in [0.05, 0.1) is 16.1 Å². The summed E-state index contributed by atoms with van der Waals surface area (Å²) >= 11 is 11.8. The Morgan fingerprint density at radius 2 is 1.62 bits per heavy atom. The number of fused-ring (bicyclic) bond motifs is 1. The number of rotatable bonds is 2. The molecule has 0 bridgehead atoms. The van der Waals surface area contributed by atoms with Crippen LogP contribution in [0.1, 0.15) is 20.7 Å². The Hall–Kier alpha value is -2.50. The molecule has 0 fully saturated rings. The number of hydrazine groups is 1. The van der Waals surface area contributed by atoms with Crippen LogP contribution in [0.4, 0.5) is 0 Å². The summed E-state index contributed by atoms with van der Waals surface area (Å²) in [6, 6.07) is 12.0. The number of amides is 2. The van der Waals surface area contributed by atoms with E-state index < -0.39 is 11.8 Å². The normalized spacial score (nSPS) is 10.6. The first kappa shape index (κ1) is 16.4. The van der Waals surface area contributed by atoms with Crippen molar-refractivity contribution < 1.29 is 9.59 Å². The maximum Gasteiger partial charge on any atom is 0.271 e. The van der Waals surface area contributed by atoms with Crippen molar-refractivity contribution in [1.29, 1.82) is 0 Å². The number of carbonyl (C=O) groups is 2. The van der Waals surface area contributed by atoms with E-state index >= 15 is 0 Å². The molecule has 0 saturated heterocycles. The van der Waals surface area contributed by atoms with Crippen LogP contribution >= 0.6 is 23.2 Å². The van der Waals surface area contributed by atoms with Gasteiger partial charge >= 0.3 is 0 Å². The van der Waals surface area contributed by atoms with Crippen LogP contribution in [-0.4, -0.2) is 16.4 Å². The summed E-state index contributed by atoms with van der Waals surface area (Å²) in [5.74, 6) is -0.964. The molecule has 0 aliphatic heterocycles. The Morgan fingerprint density at radius 1 is 0.958 bits per heavy atom. The first-order valence-electron chi connectivity index (χ1n) is 7.07. The van der Waals surface area contributed by atoms with Gasteiger partial charge in [-0.1, -0.05) is 41.4 Å². The van der Waals surface area contributed by atoms with E-state index in [0.29, 0.717) is 10.6 Å². The van der Waals surface area contributed by atoms with Crippen molar-refractivity contribution >= 4 is 45.9 Å². The zero-order chi connectivity index (χ0) is 17.3. The highest BCUT2D eigenvalue weighted by Crippen LogP contribution is 2.21. The fourth-order valence-electron chi connectivity index (χ4n) is 2.44. The molecule has 24 heavy (non-hydrogen) atoms. The topological polar surface area (TPSA) is 63.1 Å². The maximum absolute atomic E-state index is 12.4. The van der Waals surface area contributed by atoms with Crippen LogP contribution < -0.4 is 10.9 Å². The van der Waals surface area contributed by atoms with Gasteiger partial charge in [0.2, 0.25) is 0 Å². The molecule has 2 N–H and O–H groups in total. The Balaban J connectivity index is 1.78. The van der Waals surface area contributed by atoms with Gasteiger partial charge < -0.3 is 4.57 Å². The molecule has 2 aromatic carbocycles. The Labute approximate surface area is 148 Å². The number of nitrogens with zero attached hydrogens (tertiary/aromatic N) is 1. The average molecular weight is 362 g/mol. The third kappa shape index (κ3) is 3.09. The number of hydrogen-bond acceptors (Lipinski definition) is 2. The smallest absolute Gasteiger partial charge is 0.271 e. The molecule has 1 heterocycles. The predicted octanol–water partition coefficient (Wildman–Crippen LogP) is 3.56. The number of halogens is 2. The third-order valence-electron chi connectivity index (χ3n) is 3.60. The second-order valence-corrected chi connectivity index (χ2v) is 6.05. The molecule has 3 rings (SSSR count). The van der Waals surface area contributed by atoms with Crippen molar-refractivity contribution in [1.82, 2.24) is 15.4 Å². The minimum Gasteiger partial charge on any atom is -0.350 e. The fraction of sp³-hybridized carbons (Fsp3) is 0.0588. The highest BCUT2D eigenvalue weighted by Gasteiger charge is 2.16. The number of carbonyl (C=O) groups excluding carboxylic acids is 2. The largest absolute Gasteiger partial charge is 0.350 e. The SMILES string of the molecule is Cn1cc(C(=O)NNC(=O)c2cc(Cl)ccc2Cl)c2ccccc21. The molecule has 0 atom stereocenters. The van der Waals surface area contributed by atoms with Gasteiger partial charge in [0.25, 0.3) is 11.8 Å². The average Bonchev–Trinajstić information content (AvgIpc) is 2.92. The quantitative estimate of drug-likeness (QED) is 0.685. The Morgan fingerprint density at radius 3 is 2.38 bits per heavy atom. The second kappa shape index (κ2) is 6.55. The molecule has 0 aliphatic carbocycles. The second-order valence-electron chi connectivity index (χ2n) is 5.20. The number of para-hydroxylation sites is 1. The number of nitrogens with one attached hydrogen (secondary N) is 2. The molecule has 0 radical (unpaired) electrons. The molecular formula is C17H13Cl2N3O2. The van der Waals surface area contributed by atoms with Crippen molar-refractivity contribution in [3.63, 3.8) is 0 Å². The lowest BCUT2D eigenvalue weighted by atomic mass is 10.2. The number of hydrogen-bond donors (Lipinski definition) is 2. The summed E-state index contributed by atoms with van der Waals surface area (Å²) in [7, 11) is 1.85. The van der Waals surface area contributed by atoms with E-state index in [-0.39, 0.29) is 10.6 Å². The van der Waals surface area contributed by atoms with E-state index in [0.717, 1.165) is 10.9 Å². The minimum atomic E-state index is -0.545. The van der Waals surface area contributed by atoms with Crippen LogP contribution in [0.2, 0.25) is 10.0 Å². The van der Waals surface area contributed by atoms with Gasteiger partial charge in [-0.3, -0.25) is 20.4 Å². The molecule has 7 heteroatoms. The highest BCUT2D eigenvalue weighted by atomic mass is 35.5. The van der Waals surface area contributed by atoms with Crippen LogP contribution in [0.25, 0.3) is 10.9 Å². The van der Waals surface area contributed by atoms with Crippen LogP contribution in [0.15, 0.2) is 48.7 Å². The summed E-state index contributed by atoms with van der Waals surface area (Å²) in [6.45, 7) is 0. The number of benzene rings is 2. The van der Waals surface area contributed by atoms with Crippen LogP contribution in [0, 0.1) is 0 Å². The molecule has 2 amide bonds. The molecule has 0 saturated carbocycles. The van der Waals surface area contributed by atoms with E-state index in [1.165, 1.54) is 12.1 Å². The fourth-order valence-corrected chi connectivity index (χ4v) is 2.82. The summed E-state index contributed by atoms with van der Waals surface area (Å²) in [5, 5.41) is 1.42. The van der Waals surface area contributed by atoms with Gasteiger partial charge in [-0.15, -0.1) is 0 Å². The molecule has 1 aromatic heterocycles. The number of aryl methyl sites for hydroxylation is 1. The minimum absolute atomic E-state index is 0.183. The molecule has 122 valence electrons.